The SMILES string of the molecule is CC1CCC2(O1)OC1(CCCCC1)C1(CCC(C)O1)OC21CCCCC1. The molecule has 5 rings (SSSR count). The number of ether oxygens (including phenoxy) is 4. The normalized spacial score (nSPS) is 47.3. The summed E-state index contributed by atoms with van der Waals surface area (Å²) >= 11 is 0. The standard InChI is InChI=1S/C22H36O4/c1-17-9-15-21(23-17)19(11-5-3-6-12-19)26-22(16-10-18(2)24-22)20(25-21)13-7-4-8-14-20/h17-18H,3-16H2,1-2H3. The van der Waals surface area contributed by atoms with Crippen LogP contribution in [0.5, 0.6) is 0 Å². The summed E-state index contributed by atoms with van der Waals surface area (Å²) < 4.78 is 27.8. The molecule has 3 aliphatic heterocycles. The predicted octanol–water partition coefficient (Wildman–Crippen LogP) is 5.23. The van der Waals surface area contributed by atoms with Gasteiger partial charge in [0.15, 0.2) is 11.6 Å². The van der Waals surface area contributed by atoms with Gasteiger partial charge in [-0.25, -0.2) is 0 Å². The van der Waals surface area contributed by atoms with E-state index in [2.05, 4.69) is 13.8 Å². The van der Waals surface area contributed by atoms with Gasteiger partial charge in [-0.3, -0.25) is 0 Å². The second-order valence-electron chi connectivity index (χ2n) is 9.75. The van der Waals surface area contributed by atoms with E-state index in [1.54, 1.807) is 0 Å². The van der Waals surface area contributed by atoms with Crippen LogP contribution in [0.15, 0.2) is 0 Å². The molecule has 4 atom stereocenters. The lowest BCUT2D eigenvalue weighted by Crippen LogP contribution is -2.76. The van der Waals surface area contributed by atoms with Crippen molar-refractivity contribution < 1.29 is 18.9 Å². The first kappa shape index (κ1) is 17.9. The van der Waals surface area contributed by atoms with Crippen molar-refractivity contribution >= 4 is 0 Å². The van der Waals surface area contributed by atoms with Crippen LogP contribution in [0.25, 0.3) is 0 Å². The Balaban J connectivity index is 1.59. The Hall–Kier alpha value is -0.160. The molecule has 0 N–H and O–H groups in total. The van der Waals surface area contributed by atoms with Crippen molar-refractivity contribution in [1.82, 2.24) is 0 Å². The molecule has 0 aromatic carbocycles. The maximum Gasteiger partial charge on any atom is 0.198 e. The third-order valence-electron chi connectivity index (χ3n) is 7.97. The summed E-state index contributed by atoms with van der Waals surface area (Å²) in [6.45, 7) is 4.39. The lowest BCUT2D eigenvalue weighted by molar-refractivity contribution is -0.498. The molecular weight excluding hydrogens is 328 g/mol. The van der Waals surface area contributed by atoms with E-state index >= 15 is 0 Å². The number of rotatable bonds is 0. The molecule has 3 heterocycles. The van der Waals surface area contributed by atoms with Gasteiger partial charge < -0.3 is 18.9 Å². The molecule has 0 aromatic rings. The smallest absolute Gasteiger partial charge is 0.198 e. The van der Waals surface area contributed by atoms with Crippen molar-refractivity contribution in [2.45, 2.75) is 139 Å². The number of hydrogen-bond donors (Lipinski definition) is 0. The Labute approximate surface area is 158 Å². The zero-order chi connectivity index (χ0) is 17.9. The average Bonchev–Trinajstić information content (AvgIpc) is 3.20. The van der Waals surface area contributed by atoms with E-state index in [0.29, 0.717) is 0 Å². The van der Waals surface area contributed by atoms with Gasteiger partial charge in [-0.1, -0.05) is 38.5 Å². The molecule has 4 heteroatoms. The van der Waals surface area contributed by atoms with Gasteiger partial charge in [-0.2, -0.15) is 0 Å². The van der Waals surface area contributed by atoms with Crippen LogP contribution in [0.4, 0.5) is 0 Å². The Morgan fingerprint density at radius 1 is 0.538 bits per heavy atom. The van der Waals surface area contributed by atoms with Crippen LogP contribution in [-0.4, -0.2) is 35.0 Å². The molecule has 0 radical (unpaired) electrons. The molecule has 4 nitrogen and oxygen atoms in total. The van der Waals surface area contributed by atoms with Gasteiger partial charge in [0.2, 0.25) is 0 Å². The van der Waals surface area contributed by atoms with Gasteiger partial charge >= 0.3 is 0 Å². The largest absolute Gasteiger partial charge is 0.344 e. The quantitative estimate of drug-likeness (QED) is 0.590. The topological polar surface area (TPSA) is 36.9 Å². The van der Waals surface area contributed by atoms with Crippen molar-refractivity contribution in [3.63, 3.8) is 0 Å². The summed E-state index contributed by atoms with van der Waals surface area (Å²) in [5.41, 5.74) is -0.633. The molecule has 5 fully saturated rings. The summed E-state index contributed by atoms with van der Waals surface area (Å²) in [6, 6.07) is 0. The van der Waals surface area contributed by atoms with Gasteiger partial charge in [0.25, 0.3) is 0 Å². The Morgan fingerprint density at radius 3 is 1.23 bits per heavy atom. The van der Waals surface area contributed by atoms with Crippen molar-refractivity contribution in [1.29, 1.82) is 0 Å². The second kappa shape index (κ2) is 6.17. The molecule has 0 amide bonds. The second-order valence-corrected chi connectivity index (χ2v) is 9.75. The minimum Gasteiger partial charge on any atom is -0.344 e. The average molecular weight is 365 g/mol. The third kappa shape index (κ3) is 2.41. The predicted molar refractivity (Wildman–Crippen MR) is 98.8 cm³/mol. The summed E-state index contributed by atoms with van der Waals surface area (Å²) in [5, 5.41) is 0. The van der Waals surface area contributed by atoms with E-state index in [9.17, 15) is 0 Å². The van der Waals surface area contributed by atoms with E-state index in [-0.39, 0.29) is 23.4 Å². The molecule has 2 saturated carbocycles. The van der Waals surface area contributed by atoms with Crippen LogP contribution in [0.3, 0.4) is 0 Å². The zero-order valence-electron chi connectivity index (χ0n) is 16.7. The van der Waals surface area contributed by atoms with Crippen LogP contribution in [0.2, 0.25) is 0 Å². The van der Waals surface area contributed by atoms with Gasteiger partial charge in [0, 0.05) is 12.8 Å². The lowest BCUT2D eigenvalue weighted by Gasteiger charge is -2.65. The molecule has 4 spiro atoms. The molecule has 148 valence electrons. The van der Waals surface area contributed by atoms with Crippen LogP contribution in [0, 0.1) is 0 Å². The first-order valence-electron chi connectivity index (χ1n) is 11.3. The Bertz CT molecular complexity index is 473. The van der Waals surface area contributed by atoms with E-state index in [1.807, 2.05) is 0 Å². The van der Waals surface area contributed by atoms with Gasteiger partial charge in [-0.15, -0.1) is 0 Å². The molecule has 26 heavy (non-hydrogen) atoms. The van der Waals surface area contributed by atoms with Crippen LogP contribution in [-0.2, 0) is 18.9 Å². The van der Waals surface area contributed by atoms with Gasteiger partial charge in [0.05, 0.1) is 12.2 Å². The minimum atomic E-state index is -0.551. The minimum absolute atomic E-state index is 0.260. The van der Waals surface area contributed by atoms with Crippen LogP contribution < -0.4 is 0 Å². The third-order valence-corrected chi connectivity index (χ3v) is 7.97. The molecular formula is C22H36O4. The fraction of sp³-hybridized carbons (Fsp3) is 1.00. The zero-order valence-corrected chi connectivity index (χ0v) is 16.7. The highest BCUT2D eigenvalue weighted by molar-refractivity contribution is 5.14. The first-order chi connectivity index (χ1) is 12.5. The maximum atomic E-state index is 7.24. The van der Waals surface area contributed by atoms with Crippen molar-refractivity contribution in [2.24, 2.45) is 0 Å². The molecule has 0 bridgehead atoms. The van der Waals surface area contributed by atoms with Crippen LogP contribution >= 0.6 is 0 Å². The molecule has 4 unspecified atom stereocenters. The molecule has 5 aliphatic rings. The summed E-state index contributed by atoms with van der Waals surface area (Å²) in [4.78, 5) is 0. The highest BCUT2D eigenvalue weighted by Crippen LogP contribution is 2.63. The van der Waals surface area contributed by atoms with Crippen molar-refractivity contribution in [3.8, 4) is 0 Å². The highest BCUT2D eigenvalue weighted by atomic mass is 16.8. The van der Waals surface area contributed by atoms with Gasteiger partial charge in [-0.05, 0) is 52.4 Å². The Morgan fingerprint density at radius 2 is 0.923 bits per heavy atom. The fourth-order valence-electron chi connectivity index (χ4n) is 6.68. The van der Waals surface area contributed by atoms with E-state index in [4.69, 9.17) is 18.9 Å². The van der Waals surface area contributed by atoms with E-state index in [1.165, 1.54) is 38.5 Å². The fourth-order valence-corrected chi connectivity index (χ4v) is 6.68. The molecule has 3 saturated heterocycles. The highest BCUT2D eigenvalue weighted by Gasteiger charge is 2.73. The Kier molecular flexibility index (Phi) is 4.25. The number of hydrogen-bond acceptors (Lipinski definition) is 4. The first-order valence-corrected chi connectivity index (χ1v) is 11.3. The lowest BCUT2D eigenvalue weighted by atomic mass is 9.70. The maximum absolute atomic E-state index is 7.24. The van der Waals surface area contributed by atoms with E-state index in [0.717, 1.165) is 51.4 Å². The monoisotopic (exact) mass is 364 g/mol. The van der Waals surface area contributed by atoms with Crippen LogP contribution in [0.1, 0.15) is 104 Å². The summed E-state index contributed by atoms with van der Waals surface area (Å²) in [6.07, 6.45) is 16.3. The van der Waals surface area contributed by atoms with E-state index < -0.39 is 11.6 Å². The molecule has 2 aliphatic carbocycles. The summed E-state index contributed by atoms with van der Waals surface area (Å²) in [7, 11) is 0. The number of fused-ring (bicyclic) bond motifs is 2. The summed E-state index contributed by atoms with van der Waals surface area (Å²) in [5.74, 6) is -1.10. The van der Waals surface area contributed by atoms with Gasteiger partial charge in [0.1, 0.15) is 11.2 Å². The molecule has 0 aromatic heterocycles. The van der Waals surface area contributed by atoms with Crippen molar-refractivity contribution in [3.05, 3.63) is 0 Å². The van der Waals surface area contributed by atoms with Crippen molar-refractivity contribution in [2.75, 3.05) is 0 Å².